The number of hydrogen-bond donors (Lipinski definition) is 0. The lowest BCUT2D eigenvalue weighted by Gasteiger charge is -1.97. The van der Waals surface area contributed by atoms with Gasteiger partial charge in [0.25, 0.3) is 0 Å². The summed E-state index contributed by atoms with van der Waals surface area (Å²) in [5.74, 6) is 1.60. The van der Waals surface area contributed by atoms with Gasteiger partial charge in [0, 0.05) is 6.42 Å². The van der Waals surface area contributed by atoms with Crippen molar-refractivity contribution >= 4 is 23.8 Å². The second-order valence-corrected chi connectivity index (χ2v) is 4.01. The molecule has 1 saturated heterocycles. The molecule has 0 bridgehead atoms. The Morgan fingerprint density at radius 2 is 2.43 bits per heavy atom. The maximum absolute atomic E-state index is 10.5. The number of hydrogen-bond acceptors (Lipinski definition) is 1. The zero-order valence-corrected chi connectivity index (χ0v) is 5.56. The van der Waals surface area contributed by atoms with Crippen LogP contribution in [0.1, 0.15) is 6.42 Å². The molecule has 0 aromatic rings. The summed E-state index contributed by atoms with van der Waals surface area (Å²) in [7, 11) is 0. The summed E-state index contributed by atoms with van der Waals surface area (Å²) < 4.78 is 10.5. The van der Waals surface area contributed by atoms with Crippen LogP contribution in [0.25, 0.3) is 0 Å². The average molecular weight is 135 g/mol. The van der Waals surface area contributed by atoms with E-state index in [4.69, 9.17) is 12.6 Å². The fourth-order valence-electron chi connectivity index (χ4n) is 0.637. The first kappa shape index (κ1) is 5.79. The molecule has 41 valence electrons. The molecule has 1 nitrogen and oxygen atoms in total. The smallest absolute Gasteiger partial charge is 0.118 e. The Labute approximate surface area is 52.1 Å². The Kier molecular flexibility index (Phi) is 1.89. The van der Waals surface area contributed by atoms with Crippen molar-refractivity contribution in [2.24, 2.45) is 0 Å². The lowest BCUT2D eigenvalue weighted by Crippen LogP contribution is -2.03. The van der Waals surface area contributed by atoms with E-state index in [0.29, 0.717) is 5.25 Å². The van der Waals surface area contributed by atoms with Crippen molar-refractivity contribution < 1.29 is 4.55 Å². The van der Waals surface area contributed by atoms with Crippen LogP contribution in [0, 0.1) is 0 Å². The predicted octanol–water partition coefficient (Wildman–Crippen LogP) is 0.705. The van der Waals surface area contributed by atoms with E-state index >= 15 is 0 Å². The molecule has 0 aliphatic carbocycles. The zero-order valence-electron chi connectivity index (χ0n) is 3.92. The highest BCUT2D eigenvalue weighted by molar-refractivity contribution is 7.93. The fraction of sp³-hybridized carbons (Fsp3) is 1.00. The normalized spacial score (nSPS) is 42.0. The third-order valence-corrected chi connectivity index (χ3v) is 3.12. The molecule has 0 aromatic heterocycles. The molecule has 1 aliphatic rings. The standard InChI is InChI=1S/C4H7OS2/c5-7-2-1-4(6)3-7/h4H,1-3H2. The van der Waals surface area contributed by atoms with E-state index in [9.17, 15) is 4.55 Å². The first-order valence-corrected chi connectivity index (χ1v) is 4.26. The second-order valence-electron chi connectivity index (χ2n) is 1.72. The summed E-state index contributed by atoms with van der Waals surface area (Å²) in [5.41, 5.74) is 0. The zero-order chi connectivity index (χ0) is 5.28. The molecule has 0 spiro atoms. The largest absolute Gasteiger partial charge is 0.616 e. The van der Waals surface area contributed by atoms with Crippen molar-refractivity contribution in [3.8, 4) is 0 Å². The molecule has 1 heterocycles. The minimum absolute atomic E-state index is 0.306. The Balaban J connectivity index is 2.26. The van der Waals surface area contributed by atoms with Gasteiger partial charge in [0.15, 0.2) is 0 Å². The molecule has 3 heteroatoms. The van der Waals surface area contributed by atoms with Crippen molar-refractivity contribution in [2.75, 3.05) is 11.5 Å². The Morgan fingerprint density at radius 1 is 1.71 bits per heavy atom. The molecule has 1 aliphatic heterocycles. The molecule has 7 heavy (non-hydrogen) atoms. The molecule has 1 fully saturated rings. The summed E-state index contributed by atoms with van der Waals surface area (Å²) in [6, 6.07) is 0. The van der Waals surface area contributed by atoms with Crippen LogP contribution in [0.2, 0.25) is 0 Å². The van der Waals surface area contributed by atoms with Crippen molar-refractivity contribution in [2.45, 2.75) is 11.7 Å². The monoisotopic (exact) mass is 135 g/mol. The van der Waals surface area contributed by atoms with Crippen LogP contribution in [-0.4, -0.2) is 21.3 Å². The van der Waals surface area contributed by atoms with E-state index < -0.39 is 11.2 Å². The molecule has 1 rings (SSSR count). The van der Waals surface area contributed by atoms with Gasteiger partial charge in [-0.05, 0) is 0 Å². The lowest BCUT2D eigenvalue weighted by atomic mass is 10.4. The summed E-state index contributed by atoms with van der Waals surface area (Å²) in [6.07, 6.45) is 0.988. The Morgan fingerprint density at radius 3 is 2.57 bits per heavy atom. The van der Waals surface area contributed by atoms with Gasteiger partial charge >= 0.3 is 0 Å². The molecule has 2 atom stereocenters. The van der Waals surface area contributed by atoms with Crippen LogP contribution in [-0.2, 0) is 11.2 Å². The van der Waals surface area contributed by atoms with Gasteiger partial charge in [0.05, 0.1) is 5.25 Å². The first-order valence-electron chi connectivity index (χ1n) is 2.30. The molecule has 0 aromatic carbocycles. The SMILES string of the molecule is [O-][S+]1CCC([S])C1. The molecule has 0 amide bonds. The van der Waals surface area contributed by atoms with Gasteiger partial charge in [0.2, 0.25) is 0 Å². The van der Waals surface area contributed by atoms with Crippen molar-refractivity contribution in [1.29, 1.82) is 0 Å². The van der Waals surface area contributed by atoms with Gasteiger partial charge < -0.3 is 4.55 Å². The van der Waals surface area contributed by atoms with Crippen LogP contribution >= 0.6 is 12.6 Å². The van der Waals surface area contributed by atoms with E-state index in [-0.39, 0.29) is 0 Å². The van der Waals surface area contributed by atoms with Gasteiger partial charge in [-0.15, -0.1) is 0 Å². The Bertz CT molecular complexity index is 58.7. The first-order chi connectivity index (χ1) is 3.29. The maximum Gasteiger partial charge on any atom is 0.118 e. The molecule has 0 saturated carbocycles. The van der Waals surface area contributed by atoms with Crippen LogP contribution in [0.3, 0.4) is 0 Å². The molecular weight excluding hydrogens is 128 g/mol. The van der Waals surface area contributed by atoms with E-state index in [0.717, 1.165) is 17.9 Å². The van der Waals surface area contributed by atoms with Crippen molar-refractivity contribution in [1.82, 2.24) is 0 Å². The average Bonchev–Trinajstić information content (AvgIpc) is 1.87. The minimum Gasteiger partial charge on any atom is -0.616 e. The minimum atomic E-state index is -0.557. The number of rotatable bonds is 0. The molecule has 2 unspecified atom stereocenters. The van der Waals surface area contributed by atoms with Crippen LogP contribution < -0.4 is 0 Å². The van der Waals surface area contributed by atoms with Gasteiger partial charge in [0.1, 0.15) is 11.5 Å². The molecule has 1 radical (unpaired) electrons. The Hall–Kier alpha value is 0.660. The topological polar surface area (TPSA) is 23.1 Å². The van der Waals surface area contributed by atoms with Crippen LogP contribution in [0.15, 0.2) is 0 Å². The summed E-state index contributed by atoms with van der Waals surface area (Å²) in [5, 5.41) is 0.306. The third-order valence-electron chi connectivity index (χ3n) is 1.04. The quantitative estimate of drug-likeness (QED) is 0.448. The van der Waals surface area contributed by atoms with Crippen molar-refractivity contribution in [3.05, 3.63) is 0 Å². The van der Waals surface area contributed by atoms with Gasteiger partial charge in [-0.2, -0.15) is 0 Å². The summed E-state index contributed by atoms with van der Waals surface area (Å²) >= 11 is 4.33. The van der Waals surface area contributed by atoms with E-state index in [1.54, 1.807) is 0 Å². The fourth-order valence-corrected chi connectivity index (χ4v) is 2.65. The molecule has 0 N–H and O–H groups in total. The highest BCUT2D eigenvalue weighted by Crippen LogP contribution is 2.15. The second kappa shape index (κ2) is 2.29. The summed E-state index contributed by atoms with van der Waals surface area (Å²) in [6.45, 7) is 0. The highest BCUT2D eigenvalue weighted by atomic mass is 32.2. The van der Waals surface area contributed by atoms with Gasteiger partial charge in [-0.1, -0.05) is 23.8 Å². The predicted molar refractivity (Wildman–Crippen MR) is 33.9 cm³/mol. The van der Waals surface area contributed by atoms with E-state index in [1.165, 1.54) is 0 Å². The third kappa shape index (κ3) is 1.55. The van der Waals surface area contributed by atoms with E-state index in [1.807, 2.05) is 0 Å². The van der Waals surface area contributed by atoms with Crippen LogP contribution in [0.4, 0.5) is 0 Å². The summed E-state index contributed by atoms with van der Waals surface area (Å²) in [4.78, 5) is 0. The van der Waals surface area contributed by atoms with E-state index in [2.05, 4.69) is 0 Å². The van der Waals surface area contributed by atoms with Gasteiger partial charge in [-0.3, -0.25) is 0 Å². The lowest BCUT2D eigenvalue weighted by molar-refractivity contribution is 0.601. The molecular formula is C4H7OS2. The maximum atomic E-state index is 10.5. The van der Waals surface area contributed by atoms with Gasteiger partial charge in [-0.25, -0.2) is 0 Å². The highest BCUT2D eigenvalue weighted by Gasteiger charge is 2.22. The van der Waals surface area contributed by atoms with Crippen molar-refractivity contribution in [3.63, 3.8) is 0 Å². The van der Waals surface area contributed by atoms with Crippen LogP contribution in [0.5, 0.6) is 0 Å².